The third kappa shape index (κ3) is 4.93. The van der Waals surface area contributed by atoms with Gasteiger partial charge in [-0.2, -0.15) is 0 Å². The standard InChI is InChI=1S/C30H27N/c1-22-10-9-11-23(2)30(22)21-27-14-7-8-15-28(27)29(26-12-5-4-6-13-26)17-16-25-18-19-31-24(3)20-25/h4-12,14-15,18-20H,13,21H2,1-3H3/b29-26-. The average Bonchev–Trinajstić information content (AvgIpc) is 2.78. The van der Waals surface area contributed by atoms with E-state index in [0.29, 0.717) is 0 Å². The lowest BCUT2D eigenvalue weighted by atomic mass is 9.88. The molecule has 4 rings (SSSR count). The average molecular weight is 402 g/mol. The number of rotatable bonds is 3. The first kappa shape index (κ1) is 20.6. The molecule has 0 N–H and O–H groups in total. The van der Waals surface area contributed by atoms with Crippen molar-refractivity contribution in [3.63, 3.8) is 0 Å². The van der Waals surface area contributed by atoms with Gasteiger partial charge >= 0.3 is 0 Å². The molecular formula is C30H27N. The van der Waals surface area contributed by atoms with E-state index in [1.807, 2.05) is 25.3 Å². The van der Waals surface area contributed by atoms with Crippen molar-refractivity contribution in [1.82, 2.24) is 4.98 Å². The third-order valence-corrected chi connectivity index (χ3v) is 5.73. The fraction of sp³-hybridized carbons (Fsp3) is 0.167. The van der Waals surface area contributed by atoms with Crippen LogP contribution in [0.3, 0.4) is 0 Å². The van der Waals surface area contributed by atoms with Crippen molar-refractivity contribution in [3.8, 4) is 11.8 Å². The maximum Gasteiger partial charge on any atom is 0.0385 e. The zero-order valence-electron chi connectivity index (χ0n) is 18.4. The van der Waals surface area contributed by atoms with Gasteiger partial charge in [-0.25, -0.2) is 0 Å². The van der Waals surface area contributed by atoms with E-state index in [2.05, 4.69) is 97.4 Å². The summed E-state index contributed by atoms with van der Waals surface area (Å²) in [6.07, 6.45) is 12.2. The predicted octanol–water partition coefficient (Wildman–Crippen LogP) is 6.92. The second-order valence-electron chi connectivity index (χ2n) is 8.03. The summed E-state index contributed by atoms with van der Waals surface area (Å²) < 4.78 is 0. The van der Waals surface area contributed by atoms with Gasteiger partial charge in [0.1, 0.15) is 0 Å². The summed E-state index contributed by atoms with van der Waals surface area (Å²) in [6, 6.07) is 19.2. The van der Waals surface area contributed by atoms with E-state index >= 15 is 0 Å². The van der Waals surface area contributed by atoms with E-state index in [1.54, 1.807) is 0 Å². The van der Waals surface area contributed by atoms with E-state index < -0.39 is 0 Å². The minimum Gasteiger partial charge on any atom is -0.262 e. The molecule has 1 aliphatic carbocycles. The first-order valence-corrected chi connectivity index (χ1v) is 10.8. The summed E-state index contributed by atoms with van der Waals surface area (Å²) >= 11 is 0. The normalized spacial score (nSPS) is 14.2. The number of benzene rings is 2. The number of nitrogens with zero attached hydrogens (tertiary/aromatic N) is 1. The van der Waals surface area contributed by atoms with Crippen LogP contribution in [-0.4, -0.2) is 4.98 Å². The monoisotopic (exact) mass is 401 g/mol. The van der Waals surface area contributed by atoms with Gasteiger partial charge in [0.15, 0.2) is 0 Å². The van der Waals surface area contributed by atoms with Gasteiger partial charge in [-0.3, -0.25) is 4.98 Å². The van der Waals surface area contributed by atoms with Crippen LogP contribution in [0.2, 0.25) is 0 Å². The van der Waals surface area contributed by atoms with Crippen LogP contribution in [0.1, 0.15) is 45.5 Å². The van der Waals surface area contributed by atoms with Crippen LogP contribution in [-0.2, 0) is 6.42 Å². The van der Waals surface area contributed by atoms with Crippen molar-refractivity contribution in [2.24, 2.45) is 0 Å². The molecule has 0 spiro atoms. The molecule has 0 amide bonds. The fourth-order valence-electron chi connectivity index (χ4n) is 4.01. The number of aromatic nitrogens is 1. The zero-order chi connectivity index (χ0) is 21.6. The van der Waals surface area contributed by atoms with E-state index in [1.165, 1.54) is 33.4 Å². The molecule has 3 aromatic rings. The topological polar surface area (TPSA) is 12.9 Å². The number of hydrogen-bond donors (Lipinski definition) is 0. The molecule has 31 heavy (non-hydrogen) atoms. The second-order valence-corrected chi connectivity index (χ2v) is 8.03. The highest BCUT2D eigenvalue weighted by Gasteiger charge is 2.13. The molecule has 1 heteroatoms. The van der Waals surface area contributed by atoms with Gasteiger partial charge in [-0.05, 0) is 79.1 Å². The Kier molecular flexibility index (Phi) is 6.29. The molecular weight excluding hydrogens is 374 g/mol. The zero-order valence-corrected chi connectivity index (χ0v) is 18.4. The SMILES string of the molecule is Cc1cc(C#C/C(=C2\C=CC=CC2)c2ccccc2Cc2c(C)cccc2C)ccn1. The van der Waals surface area contributed by atoms with Crippen molar-refractivity contribution < 1.29 is 0 Å². The van der Waals surface area contributed by atoms with Crippen LogP contribution in [0.15, 0.2) is 90.7 Å². The Hall–Kier alpha value is -3.63. The Morgan fingerprint density at radius 1 is 0.935 bits per heavy atom. The highest BCUT2D eigenvalue weighted by atomic mass is 14.6. The van der Waals surface area contributed by atoms with Gasteiger partial charge < -0.3 is 0 Å². The first-order valence-electron chi connectivity index (χ1n) is 10.8. The smallest absolute Gasteiger partial charge is 0.0385 e. The lowest BCUT2D eigenvalue weighted by molar-refractivity contribution is 1.11. The van der Waals surface area contributed by atoms with Crippen molar-refractivity contribution in [1.29, 1.82) is 0 Å². The maximum absolute atomic E-state index is 4.29. The molecule has 2 aromatic carbocycles. The molecule has 0 saturated heterocycles. The summed E-state index contributed by atoms with van der Waals surface area (Å²) in [6.45, 7) is 6.40. The number of pyridine rings is 1. The maximum atomic E-state index is 4.29. The van der Waals surface area contributed by atoms with E-state index in [9.17, 15) is 0 Å². The minimum absolute atomic E-state index is 0.896. The third-order valence-electron chi connectivity index (χ3n) is 5.73. The predicted molar refractivity (Wildman–Crippen MR) is 131 cm³/mol. The summed E-state index contributed by atoms with van der Waals surface area (Å²) in [5, 5.41) is 0. The minimum atomic E-state index is 0.896. The van der Waals surface area contributed by atoms with Crippen molar-refractivity contribution in [3.05, 3.63) is 130 Å². The Morgan fingerprint density at radius 3 is 2.48 bits per heavy atom. The van der Waals surface area contributed by atoms with E-state index in [-0.39, 0.29) is 0 Å². The Labute approximate surface area is 185 Å². The van der Waals surface area contributed by atoms with Gasteiger partial charge in [-0.1, -0.05) is 78.6 Å². The molecule has 0 unspecified atom stereocenters. The quantitative estimate of drug-likeness (QED) is 0.434. The van der Waals surface area contributed by atoms with Crippen LogP contribution < -0.4 is 0 Å². The van der Waals surface area contributed by atoms with E-state index in [4.69, 9.17) is 0 Å². The first-order chi connectivity index (χ1) is 15.1. The molecule has 1 nitrogen and oxygen atoms in total. The summed E-state index contributed by atoms with van der Waals surface area (Å²) in [4.78, 5) is 4.29. The molecule has 0 saturated carbocycles. The summed E-state index contributed by atoms with van der Waals surface area (Å²) in [7, 11) is 0. The van der Waals surface area contributed by atoms with Crippen LogP contribution in [0.4, 0.5) is 0 Å². The van der Waals surface area contributed by atoms with Gasteiger partial charge in [0.05, 0.1) is 0 Å². The van der Waals surface area contributed by atoms with Gasteiger partial charge in [-0.15, -0.1) is 0 Å². The lowest BCUT2D eigenvalue weighted by Crippen LogP contribution is -2.00. The van der Waals surface area contributed by atoms with Crippen LogP contribution >= 0.6 is 0 Å². The molecule has 152 valence electrons. The van der Waals surface area contributed by atoms with Gasteiger partial charge in [0, 0.05) is 23.0 Å². The van der Waals surface area contributed by atoms with Crippen molar-refractivity contribution in [2.75, 3.05) is 0 Å². The molecule has 1 aromatic heterocycles. The number of aryl methyl sites for hydroxylation is 3. The molecule has 1 aliphatic rings. The lowest BCUT2D eigenvalue weighted by Gasteiger charge is -2.16. The van der Waals surface area contributed by atoms with Gasteiger partial charge in [0.2, 0.25) is 0 Å². The largest absolute Gasteiger partial charge is 0.262 e. The molecule has 0 aliphatic heterocycles. The number of hydrogen-bond acceptors (Lipinski definition) is 1. The number of allylic oxidation sites excluding steroid dienone is 6. The summed E-state index contributed by atoms with van der Waals surface area (Å²) in [5.41, 5.74) is 10.9. The Bertz CT molecular complexity index is 1240. The molecule has 0 radical (unpaired) electrons. The molecule has 0 bridgehead atoms. The van der Waals surface area contributed by atoms with Crippen LogP contribution in [0.5, 0.6) is 0 Å². The van der Waals surface area contributed by atoms with Crippen molar-refractivity contribution >= 4 is 5.57 Å². The van der Waals surface area contributed by atoms with Crippen LogP contribution in [0.25, 0.3) is 5.57 Å². The molecule has 1 heterocycles. The highest BCUT2D eigenvalue weighted by Crippen LogP contribution is 2.29. The fourth-order valence-corrected chi connectivity index (χ4v) is 4.01. The van der Waals surface area contributed by atoms with E-state index in [0.717, 1.165) is 29.7 Å². The Balaban J connectivity index is 1.82. The van der Waals surface area contributed by atoms with Crippen LogP contribution in [0, 0.1) is 32.6 Å². The highest BCUT2D eigenvalue weighted by molar-refractivity contribution is 5.85. The molecule has 0 fully saturated rings. The molecule has 0 atom stereocenters. The Morgan fingerprint density at radius 2 is 1.74 bits per heavy atom. The van der Waals surface area contributed by atoms with Crippen molar-refractivity contribution in [2.45, 2.75) is 33.6 Å². The summed E-state index contributed by atoms with van der Waals surface area (Å²) in [5.74, 6) is 6.91. The van der Waals surface area contributed by atoms with Gasteiger partial charge in [0.25, 0.3) is 0 Å². The second kappa shape index (κ2) is 9.45.